The molecule has 0 fully saturated rings. The van der Waals surface area contributed by atoms with Crippen molar-refractivity contribution in [3.8, 4) is 0 Å². The number of hydrogen-bond donors (Lipinski definition) is 0. The van der Waals surface area contributed by atoms with Gasteiger partial charge in [0.1, 0.15) is 0 Å². The average Bonchev–Trinajstić information content (AvgIpc) is 2.47. The van der Waals surface area contributed by atoms with E-state index in [0.29, 0.717) is 6.42 Å². The quantitative estimate of drug-likeness (QED) is 0.336. The monoisotopic (exact) mass is 340 g/mol. The lowest BCUT2D eigenvalue weighted by Crippen LogP contribution is -2.44. The summed E-state index contributed by atoms with van der Waals surface area (Å²) >= 11 is 0. The molecule has 0 bridgehead atoms. The van der Waals surface area contributed by atoms with Gasteiger partial charge in [0.15, 0.2) is 11.5 Å². The molecule has 0 aromatic heterocycles. The van der Waals surface area contributed by atoms with Crippen molar-refractivity contribution in [1.29, 1.82) is 0 Å². The van der Waals surface area contributed by atoms with Crippen LogP contribution in [0.25, 0.3) is 0 Å². The molecule has 0 aromatic rings. The number of carbonyl (C=O) groups excluding carboxylic acids is 2. The summed E-state index contributed by atoms with van der Waals surface area (Å²) in [5, 5.41) is 0. The largest absolute Gasteiger partial charge is 0.465 e. The van der Waals surface area contributed by atoms with Crippen LogP contribution in [0, 0.1) is 5.41 Å². The predicted molar refractivity (Wildman–Crippen MR) is 79.7 cm³/mol. The van der Waals surface area contributed by atoms with Crippen LogP contribution < -0.4 is 0 Å². The number of hydrogen-bond acceptors (Lipinski definition) is 4. The van der Waals surface area contributed by atoms with E-state index in [0.717, 1.165) is 26.2 Å². The number of rotatable bonds is 10. The van der Waals surface area contributed by atoms with Gasteiger partial charge in [0, 0.05) is 0 Å². The Hall–Kier alpha value is -1.27. The van der Waals surface area contributed by atoms with Crippen molar-refractivity contribution >= 4 is 11.9 Å². The normalized spacial score (nSPS) is 13.5. The van der Waals surface area contributed by atoms with Gasteiger partial charge < -0.3 is 9.47 Å². The van der Waals surface area contributed by atoms with Crippen LogP contribution in [-0.4, -0.2) is 30.8 Å². The lowest BCUT2D eigenvalue weighted by molar-refractivity contribution is -0.223. The predicted octanol–water partition coefficient (Wildman–Crippen LogP) is 4.41. The van der Waals surface area contributed by atoms with Crippen molar-refractivity contribution in [3.05, 3.63) is 0 Å². The second kappa shape index (κ2) is 9.78. The van der Waals surface area contributed by atoms with E-state index in [1.807, 2.05) is 6.92 Å². The molecule has 0 heterocycles. The Kier molecular flexibility index (Phi) is 9.24. The van der Waals surface area contributed by atoms with Crippen molar-refractivity contribution in [1.82, 2.24) is 0 Å². The third kappa shape index (κ3) is 6.39. The first kappa shape index (κ1) is 21.7. The first-order valence-corrected chi connectivity index (χ1v) is 8.10. The van der Waals surface area contributed by atoms with E-state index in [4.69, 9.17) is 4.74 Å². The first-order valence-electron chi connectivity index (χ1n) is 8.10. The second-order valence-corrected chi connectivity index (χ2v) is 5.57. The van der Waals surface area contributed by atoms with E-state index in [-0.39, 0.29) is 19.4 Å². The molecule has 0 aliphatic heterocycles. The number of ether oxygens (including phenoxy) is 2. The third-order valence-electron chi connectivity index (χ3n) is 3.96. The number of unbranched alkanes of at least 4 members (excludes halogenated alkanes) is 3. The number of carbonyl (C=O) groups is 2. The SMILES string of the molecule is CCCCCCOC(=O)C(CC)(CC)C(=O)OC(C)C(F)(F)F. The van der Waals surface area contributed by atoms with Gasteiger partial charge in [-0.2, -0.15) is 13.2 Å². The Bertz CT molecular complexity index is 376. The summed E-state index contributed by atoms with van der Waals surface area (Å²) in [4.78, 5) is 24.4. The summed E-state index contributed by atoms with van der Waals surface area (Å²) in [6.45, 7) is 6.05. The molecule has 0 N–H and O–H groups in total. The van der Waals surface area contributed by atoms with E-state index in [1.54, 1.807) is 13.8 Å². The molecule has 136 valence electrons. The zero-order valence-corrected chi connectivity index (χ0v) is 14.3. The molecular weight excluding hydrogens is 313 g/mol. The molecule has 0 aliphatic rings. The van der Waals surface area contributed by atoms with Gasteiger partial charge in [-0.05, 0) is 26.2 Å². The lowest BCUT2D eigenvalue weighted by Gasteiger charge is -2.29. The molecule has 7 heteroatoms. The summed E-state index contributed by atoms with van der Waals surface area (Å²) in [6.07, 6.45) is -3.26. The molecule has 4 nitrogen and oxygen atoms in total. The highest BCUT2D eigenvalue weighted by Gasteiger charge is 2.49. The Morgan fingerprint density at radius 3 is 1.96 bits per heavy atom. The minimum Gasteiger partial charge on any atom is -0.465 e. The summed E-state index contributed by atoms with van der Waals surface area (Å²) < 4.78 is 47.2. The second-order valence-electron chi connectivity index (χ2n) is 5.57. The smallest absolute Gasteiger partial charge is 0.425 e. The maximum atomic E-state index is 12.5. The maximum absolute atomic E-state index is 12.5. The van der Waals surface area contributed by atoms with Crippen LogP contribution >= 0.6 is 0 Å². The molecule has 0 saturated heterocycles. The number of alkyl halides is 3. The average molecular weight is 340 g/mol. The van der Waals surface area contributed by atoms with E-state index < -0.39 is 29.6 Å². The molecule has 0 rings (SSSR count). The van der Waals surface area contributed by atoms with Crippen molar-refractivity contribution < 1.29 is 32.2 Å². The van der Waals surface area contributed by atoms with Crippen LogP contribution in [0.1, 0.15) is 66.2 Å². The fraction of sp³-hybridized carbons (Fsp3) is 0.875. The number of halogens is 3. The van der Waals surface area contributed by atoms with E-state index in [9.17, 15) is 22.8 Å². The van der Waals surface area contributed by atoms with Crippen molar-refractivity contribution in [2.24, 2.45) is 5.41 Å². The Morgan fingerprint density at radius 1 is 0.957 bits per heavy atom. The minimum atomic E-state index is -4.66. The zero-order chi connectivity index (χ0) is 18.1. The summed E-state index contributed by atoms with van der Waals surface area (Å²) in [7, 11) is 0. The van der Waals surface area contributed by atoms with Gasteiger partial charge in [-0.3, -0.25) is 9.59 Å². The minimum absolute atomic E-state index is 0.0285. The van der Waals surface area contributed by atoms with Crippen molar-refractivity contribution in [2.75, 3.05) is 6.61 Å². The molecule has 1 unspecified atom stereocenters. The molecule has 0 spiro atoms. The van der Waals surface area contributed by atoms with Crippen LogP contribution in [0.15, 0.2) is 0 Å². The van der Waals surface area contributed by atoms with Gasteiger partial charge >= 0.3 is 18.1 Å². The van der Waals surface area contributed by atoms with Gasteiger partial charge in [-0.25, -0.2) is 0 Å². The molecule has 0 aromatic carbocycles. The molecule has 0 amide bonds. The van der Waals surface area contributed by atoms with Gasteiger partial charge in [0.05, 0.1) is 6.61 Å². The van der Waals surface area contributed by atoms with Crippen LogP contribution in [-0.2, 0) is 19.1 Å². The van der Waals surface area contributed by atoms with E-state index >= 15 is 0 Å². The zero-order valence-electron chi connectivity index (χ0n) is 14.3. The van der Waals surface area contributed by atoms with E-state index in [1.165, 1.54) is 0 Å². The Labute approximate surface area is 135 Å². The highest BCUT2D eigenvalue weighted by atomic mass is 19.4. The van der Waals surface area contributed by atoms with Crippen LogP contribution in [0.2, 0.25) is 0 Å². The van der Waals surface area contributed by atoms with Gasteiger partial charge in [-0.1, -0.05) is 40.0 Å². The fourth-order valence-corrected chi connectivity index (χ4v) is 2.08. The lowest BCUT2D eigenvalue weighted by atomic mass is 9.82. The molecule has 0 saturated carbocycles. The molecule has 1 atom stereocenters. The van der Waals surface area contributed by atoms with Gasteiger partial charge in [-0.15, -0.1) is 0 Å². The summed E-state index contributed by atoms with van der Waals surface area (Å²) in [5.41, 5.74) is -1.68. The number of esters is 2. The topological polar surface area (TPSA) is 52.6 Å². The summed E-state index contributed by atoms with van der Waals surface area (Å²) in [6, 6.07) is 0. The van der Waals surface area contributed by atoms with Crippen LogP contribution in [0.3, 0.4) is 0 Å². The molecular formula is C16H27F3O4. The van der Waals surface area contributed by atoms with Gasteiger partial charge in [0.25, 0.3) is 0 Å². The first-order chi connectivity index (χ1) is 10.7. The van der Waals surface area contributed by atoms with E-state index in [2.05, 4.69) is 4.74 Å². The van der Waals surface area contributed by atoms with Crippen molar-refractivity contribution in [2.45, 2.75) is 78.5 Å². The molecule has 0 aliphatic carbocycles. The Morgan fingerprint density at radius 2 is 1.52 bits per heavy atom. The fourth-order valence-electron chi connectivity index (χ4n) is 2.08. The highest BCUT2D eigenvalue weighted by molar-refractivity contribution is 6.00. The maximum Gasteiger partial charge on any atom is 0.425 e. The summed E-state index contributed by atoms with van der Waals surface area (Å²) in [5.74, 6) is -1.98. The Balaban J connectivity index is 4.82. The highest BCUT2D eigenvalue weighted by Crippen LogP contribution is 2.33. The van der Waals surface area contributed by atoms with Crippen LogP contribution in [0.4, 0.5) is 13.2 Å². The molecule has 0 radical (unpaired) electrons. The van der Waals surface area contributed by atoms with Crippen molar-refractivity contribution in [3.63, 3.8) is 0 Å². The standard InChI is InChI=1S/C16H27F3O4/c1-5-8-9-10-11-22-13(20)15(6-2,7-3)14(21)23-12(4)16(17,18)19/h12H,5-11H2,1-4H3. The molecule has 23 heavy (non-hydrogen) atoms. The van der Waals surface area contributed by atoms with Gasteiger partial charge in [0.2, 0.25) is 0 Å². The third-order valence-corrected chi connectivity index (χ3v) is 3.96. The van der Waals surface area contributed by atoms with Crippen LogP contribution in [0.5, 0.6) is 0 Å².